The first-order chi connectivity index (χ1) is 7.80. The maximum atomic E-state index is 10.1. The molecule has 86 valence electrons. The van der Waals surface area contributed by atoms with Gasteiger partial charge in [0, 0.05) is 25.5 Å². The van der Waals surface area contributed by atoms with Crippen molar-refractivity contribution in [3.63, 3.8) is 0 Å². The monoisotopic (exact) mass is 221 g/mol. The van der Waals surface area contributed by atoms with Crippen LogP contribution in [0.2, 0.25) is 0 Å². The highest BCUT2D eigenvalue weighted by molar-refractivity contribution is 5.34. The average molecular weight is 221 g/mol. The van der Waals surface area contributed by atoms with E-state index in [1.807, 2.05) is 4.90 Å². The molecule has 3 heterocycles. The lowest BCUT2D eigenvalue weighted by Crippen LogP contribution is -2.40. The van der Waals surface area contributed by atoms with Crippen molar-refractivity contribution in [3.8, 4) is 0 Å². The normalized spacial score (nSPS) is 33.8. The largest absolute Gasteiger partial charge is 0.388 e. The average Bonchev–Trinajstić information content (AvgIpc) is 2.91. The van der Waals surface area contributed by atoms with Gasteiger partial charge in [-0.3, -0.25) is 0 Å². The summed E-state index contributed by atoms with van der Waals surface area (Å²) in [6.07, 6.45) is 4.96. The second-order valence-corrected chi connectivity index (χ2v) is 4.46. The standard InChI is InChI=1S/C11H15N3O2/c15-9-7-14(10-12-4-2-5-13-10)8-11(9)3-1-6-16-11/h2,4-5,9,15H,1,3,6-8H2/t9-,11-/m0/s1. The van der Waals surface area contributed by atoms with Crippen molar-refractivity contribution < 1.29 is 9.84 Å². The minimum Gasteiger partial charge on any atom is -0.388 e. The van der Waals surface area contributed by atoms with Gasteiger partial charge in [-0.2, -0.15) is 0 Å². The minimum atomic E-state index is -0.432. The van der Waals surface area contributed by atoms with Crippen molar-refractivity contribution in [1.82, 2.24) is 9.97 Å². The number of anilines is 1. The molecule has 2 aliphatic heterocycles. The molecule has 0 radical (unpaired) electrons. The Morgan fingerprint density at radius 2 is 2.25 bits per heavy atom. The van der Waals surface area contributed by atoms with Gasteiger partial charge in [0.15, 0.2) is 0 Å². The van der Waals surface area contributed by atoms with Crippen LogP contribution in [0.25, 0.3) is 0 Å². The zero-order valence-electron chi connectivity index (χ0n) is 9.04. The molecule has 0 bridgehead atoms. The molecule has 3 rings (SSSR count). The van der Waals surface area contributed by atoms with Crippen LogP contribution in [0.1, 0.15) is 12.8 Å². The first kappa shape index (κ1) is 9.99. The van der Waals surface area contributed by atoms with Crippen LogP contribution >= 0.6 is 0 Å². The highest BCUT2D eigenvalue weighted by atomic mass is 16.5. The molecule has 0 amide bonds. The van der Waals surface area contributed by atoms with Crippen LogP contribution in [0.15, 0.2) is 18.5 Å². The van der Waals surface area contributed by atoms with Crippen LogP contribution < -0.4 is 4.90 Å². The van der Waals surface area contributed by atoms with Crippen molar-refractivity contribution in [3.05, 3.63) is 18.5 Å². The third kappa shape index (κ3) is 1.47. The summed E-state index contributed by atoms with van der Waals surface area (Å²) < 4.78 is 5.72. The molecule has 1 aromatic heterocycles. The second kappa shape index (κ2) is 3.68. The summed E-state index contributed by atoms with van der Waals surface area (Å²) >= 11 is 0. The van der Waals surface area contributed by atoms with Crippen molar-refractivity contribution in [2.75, 3.05) is 24.6 Å². The number of β-amino-alcohol motifs (C(OH)–C–C–N with tert-alkyl or cyclic N) is 1. The molecule has 1 aromatic rings. The second-order valence-electron chi connectivity index (χ2n) is 4.46. The van der Waals surface area contributed by atoms with Gasteiger partial charge in [-0.05, 0) is 18.9 Å². The van der Waals surface area contributed by atoms with Gasteiger partial charge >= 0.3 is 0 Å². The van der Waals surface area contributed by atoms with Gasteiger partial charge in [0.05, 0.1) is 6.54 Å². The number of rotatable bonds is 1. The third-order valence-corrected chi connectivity index (χ3v) is 3.43. The fourth-order valence-electron chi connectivity index (χ4n) is 2.58. The molecule has 2 fully saturated rings. The number of nitrogens with zero attached hydrogens (tertiary/aromatic N) is 3. The van der Waals surface area contributed by atoms with Crippen LogP contribution in [0.5, 0.6) is 0 Å². The number of hydrogen-bond acceptors (Lipinski definition) is 5. The summed E-state index contributed by atoms with van der Waals surface area (Å²) in [7, 11) is 0. The maximum absolute atomic E-state index is 10.1. The van der Waals surface area contributed by atoms with Crippen molar-refractivity contribution in [1.29, 1.82) is 0 Å². The SMILES string of the molecule is O[C@H]1CN(c2ncccn2)C[C@@]12CCCO2. The molecular formula is C11H15N3O2. The molecule has 1 spiro atoms. The number of aliphatic hydroxyl groups is 1. The van der Waals surface area contributed by atoms with E-state index in [-0.39, 0.29) is 5.60 Å². The van der Waals surface area contributed by atoms with Gasteiger partial charge in [-0.25, -0.2) is 9.97 Å². The van der Waals surface area contributed by atoms with E-state index >= 15 is 0 Å². The van der Waals surface area contributed by atoms with Crippen LogP contribution in [0, 0.1) is 0 Å². The fourth-order valence-corrected chi connectivity index (χ4v) is 2.58. The van der Waals surface area contributed by atoms with Gasteiger partial charge in [0.2, 0.25) is 5.95 Å². The van der Waals surface area contributed by atoms with Gasteiger partial charge in [-0.15, -0.1) is 0 Å². The van der Waals surface area contributed by atoms with E-state index in [1.54, 1.807) is 18.5 Å². The number of ether oxygens (including phenoxy) is 1. The zero-order valence-corrected chi connectivity index (χ0v) is 9.04. The summed E-state index contributed by atoms with van der Waals surface area (Å²) in [5.74, 6) is 0.675. The first-order valence-electron chi connectivity index (χ1n) is 5.64. The van der Waals surface area contributed by atoms with Gasteiger partial charge in [0.1, 0.15) is 11.7 Å². The van der Waals surface area contributed by atoms with Gasteiger partial charge in [-0.1, -0.05) is 0 Å². The maximum Gasteiger partial charge on any atom is 0.225 e. The van der Waals surface area contributed by atoms with Crippen LogP contribution in [-0.2, 0) is 4.74 Å². The van der Waals surface area contributed by atoms with Crippen LogP contribution in [0.4, 0.5) is 5.95 Å². The molecule has 0 aromatic carbocycles. The molecule has 0 unspecified atom stereocenters. The van der Waals surface area contributed by atoms with E-state index in [0.29, 0.717) is 19.0 Å². The topological polar surface area (TPSA) is 58.5 Å². The molecule has 1 N–H and O–H groups in total. The van der Waals surface area contributed by atoms with E-state index in [1.165, 1.54) is 0 Å². The number of aliphatic hydroxyl groups excluding tert-OH is 1. The van der Waals surface area contributed by atoms with E-state index in [0.717, 1.165) is 19.4 Å². The van der Waals surface area contributed by atoms with Crippen molar-refractivity contribution in [2.45, 2.75) is 24.5 Å². The number of aromatic nitrogens is 2. The quantitative estimate of drug-likeness (QED) is 0.734. The highest BCUT2D eigenvalue weighted by Gasteiger charge is 2.49. The van der Waals surface area contributed by atoms with Gasteiger partial charge in [0.25, 0.3) is 0 Å². The van der Waals surface area contributed by atoms with Gasteiger partial charge < -0.3 is 14.7 Å². The molecule has 0 saturated carbocycles. The molecule has 2 aliphatic rings. The first-order valence-corrected chi connectivity index (χ1v) is 5.64. The predicted molar refractivity (Wildman–Crippen MR) is 58.2 cm³/mol. The molecular weight excluding hydrogens is 206 g/mol. The molecule has 2 saturated heterocycles. The molecule has 0 aliphatic carbocycles. The van der Waals surface area contributed by atoms with E-state index < -0.39 is 6.10 Å². The summed E-state index contributed by atoms with van der Waals surface area (Å²) in [6, 6.07) is 1.79. The Balaban J connectivity index is 1.82. The molecule has 5 heteroatoms. The fraction of sp³-hybridized carbons (Fsp3) is 0.636. The van der Waals surface area contributed by atoms with Crippen LogP contribution in [0.3, 0.4) is 0 Å². The highest BCUT2D eigenvalue weighted by Crippen LogP contribution is 2.36. The van der Waals surface area contributed by atoms with E-state index in [9.17, 15) is 5.11 Å². The Hall–Kier alpha value is -1.20. The van der Waals surface area contributed by atoms with E-state index in [4.69, 9.17) is 4.74 Å². The smallest absolute Gasteiger partial charge is 0.225 e. The lowest BCUT2D eigenvalue weighted by molar-refractivity contribution is -0.0578. The summed E-state index contributed by atoms with van der Waals surface area (Å²) in [4.78, 5) is 10.4. The zero-order chi connectivity index (χ0) is 11.0. The Labute approximate surface area is 94.1 Å². The summed E-state index contributed by atoms with van der Waals surface area (Å²) in [5.41, 5.74) is -0.376. The third-order valence-electron chi connectivity index (χ3n) is 3.43. The molecule has 16 heavy (non-hydrogen) atoms. The molecule has 2 atom stereocenters. The Bertz CT molecular complexity index is 365. The van der Waals surface area contributed by atoms with Crippen LogP contribution in [-0.4, -0.2) is 46.5 Å². The Morgan fingerprint density at radius 1 is 1.44 bits per heavy atom. The lowest BCUT2D eigenvalue weighted by atomic mass is 9.97. The van der Waals surface area contributed by atoms with Crippen molar-refractivity contribution in [2.24, 2.45) is 0 Å². The summed E-state index contributed by atoms with van der Waals surface area (Å²) in [6.45, 7) is 2.00. The molecule has 5 nitrogen and oxygen atoms in total. The lowest BCUT2D eigenvalue weighted by Gasteiger charge is -2.25. The predicted octanol–water partition coefficient (Wildman–Crippen LogP) is 0.207. The van der Waals surface area contributed by atoms with E-state index in [2.05, 4.69) is 9.97 Å². The summed E-state index contributed by atoms with van der Waals surface area (Å²) in [5, 5.41) is 10.1. The van der Waals surface area contributed by atoms with Crippen molar-refractivity contribution >= 4 is 5.95 Å². The Morgan fingerprint density at radius 3 is 2.94 bits per heavy atom. The number of hydrogen-bond donors (Lipinski definition) is 1. The minimum absolute atomic E-state index is 0.376. The Kier molecular flexibility index (Phi) is 2.29.